The van der Waals surface area contributed by atoms with Crippen LogP contribution in [-0.4, -0.2) is 20.9 Å². The Morgan fingerprint density at radius 1 is 0.931 bits per heavy atom. The molecule has 0 aliphatic carbocycles. The number of rotatable bonds is 5. The minimum atomic E-state index is -0.219. The number of nitrogens with one attached hydrogen (secondary N) is 2. The fourth-order valence-corrected chi connectivity index (χ4v) is 3.46. The first-order chi connectivity index (χ1) is 14.0. The highest BCUT2D eigenvalue weighted by Gasteiger charge is 2.23. The zero-order valence-electron chi connectivity index (χ0n) is 16.8. The van der Waals surface area contributed by atoms with Crippen LogP contribution in [0.4, 0.5) is 0 Å². The van der Waals surface area contributed by atoms with Crippen molar-refractivity contribution in [3.63, 3.8) is 0 Å². The number of hydrogen-bond donors (Lipinski definition) is 2. The lowest BCUT2D eigenvalue weighted by Gasteiger charge is -2.21. The van der Waals surface area contributed by atoms with E-state index in [1.165, 1.54) is 0 Å². The number of carbonyl (C=O) groups is 1. The number of fused-ring (bicyclic) bond motifs is 1. The molecule has 0 radical (unpaired) electrons. The van der Waals surface area contributed by atoms with E-state index in [0.29, 0.717) is 11.3 Å². The van der Waals surface area contributed by atoms with Gasteiger partial charge in [0, 0.05) is 5.56 Å². The van der Waals surface area contributed by atoms with E-state index in [0.717, 1.165) is 28.1 Å². The summed E-state index contributed by atoms with van der Waals surface area (Å²) >= 11 is 0. The topological polar surface area (TPSA) is 70.7 Å². The van der Waals surface area contributed by atoms with Gasteiger partial charge in [-0.25, -0.2) is 4.98 Å². The number of H-pyrrole nitrogens is 1. The number of aryl methyl sites for hydroxylation is 1. The van der Waals surface area contributed by atoms with Crippen molar-refractivity contribution in [3.05, 3.63) is 83.8 Å². The molecular formula is C24H24N4O. The van der Waals surface area contributed by atoms with Gasteiger partial charge in [0.25, 0.3) is 5.91 Å². The molecule has 5 nitrogen and oxygen atoms in total. The summed E-state index contributed by atoms with van der Waals surface area (Å²) in [7, 11) is 0. The van der Waals surface area contributed by atoms with Gasteiger partial charge in [0.05, 0.1) is 34.0 Å². The molecule has 4 rings (SSSR count). The Balaban J connectivity index is 1.59. The molecule has 29 heavy (non-hydrogen) atoms. The maximum Gasteiger partial charge on any atom is 0.253 e. The van der Waals surface area contributed by atoms with Gasteiger partial charge in [-0.1, -0.05) is 56.3 Å². The summed E-state index contributed by atoms with van der Waals surface area (Å²) in [6.07, 6.45) is 0. The molecule has 1 atom stereocenters. The van der Waals surface area contributed by atoms with Gasteiger partial charge < -0.3 is 10.3 Å². The minimum Gasteiger partial charge on any atom is -0.342 e. The monoisotopic (exact) mass is 384 g/mol. The fourth-order valence-electron chi connectivity index (χ4n) is 3.46. The first kappa shape index (κ1) is 18.9. The van der Waals surface area contributed by atoms with Gasteiger partial charge in [-0.3, -0.25) is 9.78 Å². The van der Waals surface area contributed by atoms with Crippen molar-refractivity contribution < 1.29 is 4.79 Å². The number of aromatic nitrogens is 3. The number of carbonyl (C=O) groups excluding carboxylic acids is 1. The minimum absolute atomic E-state index is 0.145. The van der Waals surface area contributed by atoms with Gasteiger partial charge in [-0.15, -0.1) is 0 Å². The van der Waals surface area contributed by atoms with E-state index in [1.807, 2.05) is 73.7 Å². The van der Waals surface area contributed by atoms with E-state index in [4.69, 9.17) is 0 Å². The van der Waals surface area contributed by atoms with Gasteiger partial charge in [-0.2, -0.15) is 0 Å². The average molecular weight is 384 g/mol. The molecular weight excluding hydrogens is 360 g/mol. The predicted molar refractivity (Wildman–Crippen MR) is 116 cm³/mol. The molecule has 146 valence electrons. The summed E-state index contributed by atoms with van der Waals surface area (Å²) in [5.41, 5.74) is 5.03. The third kappa shape index (κ3) is 3.90. The largest absolute Gasteiger partial charge is 0.342 e. The Kier molecular flexibility index (Phi) is 5.12. The smallest absolute Gasteiger partial charge is 0.253 e. The van der Waals surface area contributed by atoms with Crippen LogP contribution in [-0.2, 0) is 0 Å². The summed E-state index contributed by atoms with van der Waals surface area (Å²) in [6.45, 7) is 6.01. The van der Waals surface area contributed by atoms with Crippen LogP contribution >= 0.6 is 0 Å². The lowest BCUT2D eigenvalue weighted by atomic mass is 10.0. The van der Waals surface area contributed by atoms with Crippen molar-refractivity contribution in [1.29, 1.82) is 0 Å². The van der Waals surface area contributed by atoms with Gasteiger partial charge in [0.15, 0.2) is 0 Å². The van der Waals surface area contributed by atoms with Crippen LogP contribution in [0.1, 0.15) is 41.8 Å². The maximum atomic E-state index is 13.0. The predicted octanol–water partition coefficient (Wildman–Crippen LogP) is 5.06. The molecule has 1 amide bonds. The van der Waals surface area contributed by atoms with Gasteiger partial charge >= 0.3 is 0 Å². The van der Waals surface area contributed by atoms with Gasteiger partial charge in [-0.05, 0) is 37.1 Å². The fraction of sp³-hybridized carbons (Fsp3) is 0.208. The molecule has 2 heterocycles. The standard InChI is InChI=1S/C24H24N4O/c1-15(2)22(23-26-20-11-7-8-12-21(20)27-23)28-24(29)18-13-14-19(25-16(18)3)17-9-5-4-6-10-17/h4-15,22H,1-3H3,(H,26,27)(H,28,29)/t22-/m0/s1. The maximum absolute atomic E-state index is 13.0. The summed E-state index contributed by atoms with van der Waals surface area (Å²) in [5.74, 6) is 0.797. The summed E-state index contributed by atoms with van der Waals surface area (Å²) < 4.78 is 0. The molecule has 0 spiro atoms. The number of benzene rings is 2. The lowest BCUT2D eigenvalue weighted by molar-refractivity contribution is 0.0922. The Labute approximate surface area is 170 Å². The van der Waals surface area contributed by atoms with E-state index >= 15 is 0 Å². The molecule has 0 fully saturated rings. The summed E-state index contributed by atoms with van der Waals surface area (Å²) in [4.78, 5) is 25.7. The average Bonchev–Trinajstić information content (AvgIpc) is 3.16. The Hall–Kier alpha value is -3.47. The lowest BCUT2D eigenvalue weighted by Crippen LogP contribution is -2.33. The summed E-state index contributed by atoms with van der Waals surface area (Å²) in [6, 6.07) is 21.4. The van der Waals surface area contributed by atoms with E-state index < -0.39 is 0 Å². The number of imidazole rings is 1. The molecule has 0 bridgehead atoms. The van der Waals surface area contributed by atoms with Crippen molar-refractivity contribution in [1.82, 2.24) is 20.3 Å². The highest BCUT2D eigenvalue weighted by molar-refractivity contribution is 5.95. The number of aromatic amines is 1. The molecule has 0 aliphatic rings. The molecule has 0 saturated carbocycles. The first-order valence-corrected chi connectivity index (χ1v) is 9.81. The van der Waals surface area contributed by atoms with Crippen molar-refractivity contribution in [3.8, 4) is 11.3 Å². The number of para-hydroxylation sites is 2. The van der Waals surface area contributed by atoms with Crippen LogP contribution in [0.2, 0.25) is 0 Å². The van der Waals surface area contributed by atoms with E-state index in [2.05, 4.69) is 34.1 Å². The SMILES string of the molecule is Cc1nc(-c2ccccc2)ccc1C(=O)N[C@H](c1nc2ccccc2[nH]1)C(C)C. The number of nitrogens with zero attached hydrogens (tertiary/aromatic N) is 2. The Morgan fingerprint density at radius 3 is 2.34 bits per heavy atom. The second kappa shape index (κ2) is 7.87. The van der Waals surface area contributed by atoms with Crippen LogP contribution in [0, 0.1) is 12.8 Å². The third-order valence-corrected chi connectivity index (χ3v) is 5.06. The normalized spacial score (nSPS) is 12.3. The highest BCUT2D eigenvalue weighted by atomic mass is 16.1. The van der Waals surface area contributed by atoms with Crippen molar-refractivity contribution in [2.45, 2.75) is 26.8 Å². The molecule has 2 N–H and O–H groups in total. The molecule has 0 unspecified atom stereocenters. The van der Waals surface area contributed by atoms with Crippen molar-refractivity contribution in [2.75, 3.05) is 0 Å². The molecule has 2 aromatic carbocycles. The quantitative estimate of drug-likeness (QED) is 0.505. The Bertz CT molecular complexity index is 1110. The number of pyridine rings is 1. The van der Waals surface area contributed by atoms with Crippen LogP contribution in [0.3, 0.4) is 0 Å². The van der Waals surface area contributed by atoms with Gasteiger partial charge in [0.1, 0.15) is 5.82 Å². The second-order valence-electron chi connectivity index (χ2n) is 7.53. The zero-order chi connectivity index (χ0) is 20.4. The first-order valence-electron chi connectivity index (χ1n) is 9.81. The second-order valence-corrected chi connectivity index (χ2v) is 7.53. The number of amides is 1. The molecule has 5 heteroatoms. The van der Waals surface area contributed by atoms with Gasteiger partial charge in [0.2, 0.25) is 0 Å². The molecule has 0 aliphatic heterocycles. The van der Waals surface area contributed by atoms with Crippen LogP contribution in [0.5, 0.6) is 0 Å². The molecule has 4 aromatic rings. The van der Waals surface area contributed by atoms with Crippen LogP contribution in [0.15, 0.2) is 66.7 Å². The van der Waals surface area contributed by atoms with Crippen LogP contribution < -0.4 is 5.32 Å². The van der Waals surface area contributed by atoms with Crippen LogP contribution in [0.25, 0.3) is 22.3 Å². The van der Waals surface area contributed by atoms with Crippen molar-refractivity contribution in [2.24, 2.45) is 5.92 Å². The highest BCUT2D eigenvalue weighted by Crippen LogP contribution is 2.24. The molecule has 0 saturated heterocycles. The third-order valence-electron chi connectivity index (χ3n) is 5.06. The van der Waals surface area contributed by atoms with Crippen molar-refractivity contribution >= 4 is 16.9 Å². The number of hydrogen-bond acceptors (Lipinski definition) is 3. The zero-order valence-corrected chi connectivity index (χ0v) is 16.8. The Morgan fingerprint density at radius 2 is 1.66 bits per heavy atom. The molecule has 2 aromatic heterocycles. The van der Waals surface area contributed by atoms with E-state index in [-0.39, 0.29) is 17.9 Å². The summed E-state index contributed by atoms with van der Waals surface area (Å²) in [5, 5.41) is 3.14. The van der Waals surface area contributed by atoms with E-state index in [9.17, 15) is 4.79 Å². The van der Waals surface area contributed by atoms with E-state index in [1.54, 1.807) is 0 Å².